The summed E-state index contributed by atoms with van der Waals surface area (Å²) in [6.07, 6.45) is 0.252. The second-order valence-corrected chi connectivity index (χ2v) is 5.67. The van der Waals surface area contributed by atoms with Crippen LogP contribution < -0.4 is 4.74 Å². The maximum atomic E-state index is 13.2. The number of carbonyl (C=O) groups excluding carboxylic acids is 1. The third-order valence-corrected chi connectivity index (χ3v) is 4.21. The summed E-state index contributed by atoms with van der Waals surface area (Å²) < 4.78 is 18.5. The fourth-order valence-electron chi connectivity index (χ4n) is 2.58. The fraction of sp³-hybridized carbons (Fsp3) is 0.316. The minimum absolute atomic E-state index is 0.0156. The van der Waals surface area contributed by atoms with Crippen LogP contribution in [0.5, 0.6) is 5.75 Å². The molecule has 1 unspecified atom stereocenters. The van der Waals surface area contributed by atoms with Gasteiger partial charge in [0.1, 0.15) is 11.6 Å². The third kappa shape index (κ3) is 3.89. The molecule has 0 heterocycles. The van der Waals surface area contributed by atoms with Gasteiger partial charge < -0.3 is 9.64 Å². The van der Waals surface area contributed by atoms with Gasteiger partial charge in [-0.3, -0.25) is 4.79 Å². The van der Waals surface area contributed by atoms with Crippen LogP contribution >= 0.6 is 0 Å². The first kappa shape index (κ1) is 17.0. The van der Waals surface area contributed by atoms with E-state index in [1.165, 1.54) is 12.1 Å². The SMILES string of the molecule is COc1ccccc1C(C)N(C)C(=O)Cc1ccc(F)cc1C. The van der Waals surface area contributed by atoms with Gasteiger partial charge in [0.15, 0.2) is 0 Å². The zero-order chi connectivity index (χ0) is 17.0. The summed E-state index contributed by atoms with van der Waals surface area (Å²) in [5, 5.41) is 0. The molecule has 2 rings (SSSR count). The molecule has 0 radical (unpaired) electrons. The number of halogens is 1. The average Bonchev–Trinajstić information content (AvgIpc) is 2.55. The summed E-state index contributed by atoms with van der Waals surface area (Å²) in [6, 6.07) is 12.1. The zero-order valence-electron chi connectivity index (χ0n) is 14.0. The normalized spacial score (nSPS) is 11.9. The number of benzene rings is 2. The summed E-state index contributed by atoms with van der Waals surface area (Å²) in [5.41, 5.74) is 2.59. The highest BCUT2D eigenvalue weighted by molar-refractivity contribution is 5.79. The van der Waals surface area contributed by atoms with Crippen LogP contribution in [-0.4, -0.2) is 25.0 Å². The lowest BCUT2D eigenvalue weighted by molar-refractivity contribution is -0.131. The van der Waals surface area contributed by atoms with Gasteiger partial charge in [-0.15, -0.1) is 0 Å². The Kier molecular flexibility index (Phi) is 5.37. The number of para-hydroxylation sites is 1. The van der Waals surface area contributed by atoms with Crippen LogP contribution in [0.15, 0.2) is 42.5 Å². The van der Waals surface area contributed by atoms with E-state index in [-0.39, 0.29) is 24.2 Å². The highest BCUT2D eigenvalue weighted by atomic mass is 19.1. The van der Waals surface area contributed by atoms with Crippen molar-refractivity contribution in [2.75, 3.05) is 14.2 Å². The van der Waals surface area contributed by atoms with Gasteiger partial charge in [0.25, 0.3) is 0 Å². The molecule has 0 aliphatic rings. The van der Waals surface area contributed by atoms with E-state index in [0.29, 0.717) is 0 Å². The first-order valence-corrected chi connectivity index (χ1v) is 7.57. The first-order valence-electron chi connectivity index (χ1n) is 7.57. The predicted molar refractivity (Wildman–Crippen MR) is 89.0 cm³/mol. The van der Waals surface area contributed by atoms with Gasteiger partial charge in [0.2, 0.25) is 5.91 Å². The lowest BCUT2D eigenvalue weighted by atomic mass is 10.0. The van der Waals surface area contributed by atoms with Gasteiger partial charge in [-0.2, -0.15) is 0 Å². The number of hydrogen-bond donors (Lipinski definition) is 0. The van der Waals surface area contributed by atoms with Crippen molar-refractivity contribution < 1.29 is 13.9 Å². The molecule has 23 heavy (non-hydrogen) atoms. The molecular formula is C19H22FNO2. The Morgan fingerprint density at radius 1 is 1.26 bits per heavy atom. The Labute approximate surface area is 136 Å². The van der Waals surface area contributed by atoms with Crippen molar-refractivity contribution in [3.8, 4) is 5.75 Å². The highest BCUT2D eigenvalue weighted by Gasteiger charge is 2.20. The molecule has 0 aliphatic carbocycles. The number of amides is 1. The molecule has 0 aliphatic heterocycles. The van der Waals surface area contributed by atoms with Crippen molar-refractivity contribution in [1.29, 1.82) is 0 Å². The number of methoxy groups -OCH3 is 1. The summed E-state index contributed by atoms with van der Waals surface area (Å²) >= 11 is 0. The molecule has 0 fully saturated rings. The topological polar surface area (TPSA) is 29.5 Å². The third-order valence-electron chi connectivity index (χ3n) is 4.21. The van der Waals surface area contributed by atoms with Crippen molar-refractivity contribution in [2.45, 2.75) is 26.3 Å². The minimum atomic E-state index is -0.283. The van der Waals surface area contributed by atoms with E-state index in [1.807, 2.05) is 38.1 Å². The first-order chi connectivity index (χ1) is 10.9. The van der Waals surface area contributed by atoms with Crippen molar-refractivity contribution >= 4 is 5.91 Å². The standard InChI is InChI=1S/C19H22FNO2/c1-13-11-16(20)10-9-15(13)12-19(22)21(3)14(2)17-7-5-6-8-18(17)23-4/h5-11,14H,12H2,1-4H3. The van der Waals surface area contributed by atoms with Crippen LogP contribution in [0.4, 0.5) is 4.39 Å². The van der Waals surface area contributed by atoms with Gasteiger partial charge in [0, 0.05) is 12.6 Å². The van der Waals surface area contributed by atoms with Crippen LogP contribution in [0.3, 0.4) is 0 Å². The maximum Gasteiger partial charge on any atom is 0.227 e. The van der Waals surface area contributed by atoms with E-state index in [1.54, 1.807) is 25.1 Å². The number of likely N-dealkylation sites (N-methyl/N-ethyl adjacent to an activating group) is 1. The van der Waals surface area contributed by atoms with Gasteiger partial charge in [-0.1, -0.05) is 24.3 Å². The quantitative estimate of drug-likeness (QED) is 0.837. The number of ether oxygens (including phenoxy) is 1. The number of carbonyl (C=O) groups is 1. The van der Waals surface area contributed by atoms with Crippen LogP contribution in [0.2, 0.25) is 0 Å². The lowest BCUT2D eigenvalue weighted by Crippen LogP contribution is -2.31. The molecule has 1 amide bonds. The molecule has 0 aromatic heterocycles. The largest absolute Gasteiger partial charge is 0.496 e. The zero-order valence-corrected chi connectivity index (χ0v) is 14.0. The van der Waals surface area contributed by atoms with Crippen LogP contribution in [0.1, 0.15) is 29.7 Å². The molecule has 1 atom stereocenters. The number of hydrogen-bond acceptors (Lipinski definition) is 2. The predicted octanol–water partition coefficient (Wildman–Crippen LogP) is 3.90. The van der Waals surface area contributed by atoms with Gasteiger partial charge in [-0.05, 0) is 43.2 Å². The Bertz CT molecular complexity index is 700. The molecule has 0 spiro atoms. The summed E-state index contributed by atoms with van der Waals surface area (Å²) in [4.78, 5) is 14.3. The van der Waals surface area contributed by atoms with Gasteiger partial charge >= 0.3 is 0 Å². The smallest absolute Gasteiger partial charge is 0.227 e. The van der Waals surface area contributed by atoms with Crippen LogP contribution in [0, 0.1) is 12.7 Å². The van der Waals surface area contributed by atoms with Crippen molar-refractivity contribution in [1.82, 2.24) is 4.90 Å². The van der Waals surface area contributed by atoms with Crippen molar-refractivity contribution in [3.63, 3.8) is 0 Å². The van der Waals surface area contributed by atoms with E-state index < -0.39 is 0 Å². The molecule has 4 heteroatoms. The molecule has 2 aromatic rings. The van der Waals surface area contributed by atoms with Crippen LogP contribution in [0.25, 0.3) is 0 Å². The Hall–Kier alpha value is -2.36. The Balaban J connectivity index is 2.15. The van der Waals surface area contributed by atoms with E-state index in [0.717, 1.165) is 22.4 Å². The molecule has 3 nitrogen and oxygen atoms in total. The summed E-state index contributed by atoms with van der Waals surface area (Å²) in [5.74, 6) is 0.463. The molecule has 122 valence electrons. The fourth-order valence-corrected chi connectivity index (χ4v) is 2.58. The average molecular weight is 315 g/mol. The van der Waals surface area contributed by atoms with E-state index in [2.05, 4.69) is 0 Å². The number of aryl methyl sites for hydroxylation is 1. The molecule has 2 aromatic carbocycles. The summed E-state index contributed by atoms with van der Waals surface area (Å²) in [7, 11) is 3.40. The second-order valence-electron chi connectivity index (χ2n) is 5.67. The monoisotopic (exact) mass is 315 g/mol. The van der Waals surface area contributed by atoms with E-state index in [9.17, 15) is 9.18 Å². The molecule has 0 saturated carbocycles. The Morgan fingerprint density at radius 2 is 1.96 bits per heavy atom. The molecule has 0 N–H and O–H groups in total. The second kappa shape index (κ2) is 7.27. The minimum Gasteiger partial charge on any atom is -0.496 e. The molecular weight excluding hydrogens is 293 g/mol. The lowest BCUT2D eigenvalue weighted by Gasteiger charge is -2.27. The maximum absolute atomic E-state index is 13.2. The number of rotatable bonds is 5. The van der Waals surface area contributed by atoms with Gasteiger partial charge in [0.05, 0.1) is 19.6 Å². The van der Waals surface area contributed by atoms with E-state index >= 15 is 0 Å². The molecule has 0 bridgehead atoms. The van der Waals surface area contributed by atoms with E-state index in [4.69, 9.17) is 4.74 Å². The van der Waals surface area contributed by atoms with Crippen molar-refractivity contribution in [2.24, 2.45) is 0 Å². The highest BCUT2D eigenvalue weighted by Crippen LogP contribution is 2.28. The van der Waals surface area contributed by atoms with Crippen molar-refractivity contribution in [3.05, 3.63) is 65.0 Å². The van der Waals surface area contributed by atoms with Crippen LogP contribution in [-0.2, 0) is 11.2 Å². The summed E-state index contributed by atoms with van der Waals surface area (Å²) in [6.45, 7) is 3.78. The Morgan fingerprint density at radius 3 is 2.61 bits per heavy atom. The molecule has 0 saturated heterocycles. The number of nitrogens with zero attached hydrogens (tertiary/aromatic N) is 1. The van der Waals surface area contributed by atoms with Gasteiger partial charge in [-0.25, -0.2) is 4.39 Å².